The van der Waals surface area contributed by atoms with Crippen molar-refractivity contribution >= 4 is 27.3 Å². The number of benzene rings is 1. The lowest BCUT2D eigenvalue weighted by molar-refractivity contribution is 0.410. The second-order valence-electron chi connectivity index (χ2n) is 3.78. The molecule has 1 atom stereocenters. The highest BCUT2D eigenvalue weighted by atomic mass is 79.9. The molecule has 0 fully saturated rings. The molecule has 0 radical (unpaired) electrons. The van der Waals surface area contributed by atoms with Crippen molar-refractivity contribution in [2.24, 2.45) is 0 Å². The average Bonchev–Trinajstić information content (AvgIpc) is 2.78. The zero-order chi connectivity index (χ0) is 13.1. The monoisotopic (exact) mass is 329 g/mol. The minimum Gasteiger partial charge on any atom is -0.497 e. The Hall–Kier alpha value is -0.910. The van der Waals surface area contributed by atoms with Crippen LogP contribution in [0.5, 0.6) is 5.75 Å². The molecular weight excluding hydrogens is 317 g/mol. The van der Waals surface area contributed by atoms with Gasteiger partial charge in [0.15, 0.2) is 0 Å². The lowest BCUT2D eigenvalue weighted by Gasteiger charge is -2.16. The van der Waals surface area contributed by atoms with Crippen LogP contribution in [0.1, 0.15) is 16.5 Å². The van der Waals surface area contributed by atoms with E-state index in [0.29, 0.717) is 11.3 Å². The Bertz CT molecular complexity index is 544. The van der Waals surface area contributed by atoms with Crippen LogP contribution in [0.15, 0.2) is 34.1 Å². The van der Waals surface area contributed by atoms with Gasteiger partial charge in [0.25, 0.3) is 0 Å². The molecule has 1 aromatic heterocycles. The quantitative estimate of drug-likeness (QED) is 0.916. The fourth-order valence-corrected chi connectivity index (χ4v) is 3.37. The molecule has 1 heterocycles. The Balaban J connectivity index is 2.39. The summed E-state index contributed by atoms with van der Waals surface area (Å²) in [6.45, 7) is 0. The number of thiophene rings is 1. The van der Waals surface area contributed by atoms with Crippen LogP contribution in [0.2, 0.25) is 0 Å². The molecular formula is C13H13BrFNOS. The van der Waals surface area contributed by atoms with Gasteiger partial charge in [-0.15, -0.1) is 11.3 Å². The lowest BCUT2D eigenvalue weighted by atomic mass is 10.0. The molecule has 0 aliphatic rings. The molecule has 0 aliphatic carbocycles. The number of rotatable bonds is 4. The predicted octanol–water partition coefficient (Wildman–Crippen LogP) is 3.97. The van der Waals surface area contributed by atoms with Gasteiger partial charge in [-0.25, -0.2) is 4.39 Å². The smallest absolute Gasteiger partial charge is 0.132 e. The van der Waals surface area contributed by atoms with Crippen LogP contribution in [0.25, 0.3) is 0 Å². The summed E-state index contributed by atoms with van der Waals surface area (Å²) < 4.78 is 20.1. The number of hydrogen-bond acceptors (Lipinski definition) is 3. The Kier molecular flexibility index (Phi) is 4.37. The topological polar surface area (TPSA) is 21.3 Å². The van der Waals surface area contributed by atoms with E-state index in [0.717, 1.165) is 9.35 Å². The van der Waals surface area contributed by atoms with Crippen LogP contribution in [-0.4, -0.2) is 14.2 Å². The van der Waals surface area contributed by atoms with E-state index in [1.54, 1.807) is 23.5 Å². The SMILES string of the molecule is CNC(c1cc(Br)cs1)c1ccc(OC)cc1F. The third-order valence-electron chi connectivity index (χ3n) is 2.68. The minimum absolute atomic E-state index is 0.146. The summed E-state index contributed by atoms with van der Waals surface area (Å²) in [6.07, 6.45) is 0. The maximum absolute atomic E-state index is 14.0. The van der Waals surface area contributed by atoms with E-state index < -0.39 is 0 Å². The van der Waals surface area contributed by atoms with Gasteiger partial charge in [0.1, 0.15) is 11.6 Å². The van der Waals surface area contributed by atoms with E-state index in [1.165, 1.54) is 13.2 Å². The molecule has 2 aromatic rings. The molecule has 0 bridgehead atoms. The molecule has 0 spiro atoms. The van der Waals surface area contributed by atoms with Gasteiger partial charge in [-0.2, -0.15) is 0 Å². The van der Waals surface area contributed by atoms with E-state index in [4.69, 9.17) is 4.74 Å². The molecule has 5 heteroatoms. The van der Waals surface area contributed by atoms with Gasteiger partial charge >= 0.3 is 0 Å². The molecule has 1 aromatic carbocycles. The Morgan fingerprint density at radius 3 is 2.67 bits per heavy atom. The second-order valence-corrected chi connectivity index (χ2v) is 5.63. The van der Waals surface area contributed by atoms with Crippen LogP contribution in [-0.2, 0) is 0 Å². The number of nitrogens with one attached hydrogen (secondary N) is 1. The highest BCUT2D eigenvalue weighted by molar-refractivity contribution is 9.10. The van der Waals surface area contributed by atoms with Crippen molar-refractivity contribution in [1.29, 1.82) is 0 Å². The number of ether oxygens (including phenoxy) is 1. The fraction of sp³-hybridized carbons (Fsp3) is 0.231. The summed E-state index contributed by atoms with van der Waals surface area (Å²) in [5.74, 6) is 0.261. The van der Waals surface area contributed by atoms with Crippen molar-refractivity contribution in [2.45, 2.75) is 6.04 Å². The number of hydrogen-bond donors (Lipinski definition) is 1. The Morgan fingerprint density at radius 2 is 2.17 bits per heavy atom. The average molecular weight is 330 g/mol. The van der Waals surface area contributed by atoms with E-state index >= 15 is 0 Å². The van der Waals surface area contributed by atoms with Gasteiger partial charge in [0.05, 0.1) is 13.2 Å². The molecule has 2 nitrogen and oxygen atoms in total. The fourth-order valence-electron chi connectivity index (χ4n) is 1.80. The lowest BCUT2D eigenvalue weighted by Crippen LogP contribution is -2.17. The molecule has 0 saturated heterocycles. The van der Waals surface area contributed by atoms with Gasteiger partial charge < -0.3 is 10.1 Å². The first-order chi connectivity index (χ1) is 8.65. The molecule has 0 saturated carbocycles. The van der Waals surface area contributed by atoms with Gasteiger partial charge in [-0.05, 0) is 35.1 Å². The number of halogens is 2. The Labute approximate surface area is 118 Å². The largest absolute Gasteiger partial charge is 0.497 e. The van der Waals surface area contributed by atoms with E-state index in [9.17, 15) is 4.39 Å². The van der Waals surface area contributed by atoms with E-state index in [-0.39, 0.29) is 11.9 Å². The molecule has 0 amide bonds. The summed E-state index contributed by atoms with van der Waals surface area (Å²) in [6, 6.07) is 6.78. The van der Waals surface area contributed by atoms with Gasteiger partial charge in [-0.3, -0.25) is 0 Å². The van der Waals surface area contributed by atoms with Crippen molar-refractivity contribution in [1.82, 2.24) is 5.32 Å². The third-order valence-corrected chi connectivity index (χ3v) is 4.44. The van der Waals surface area contributed by atoms with Crippen LogP contribution >= 0.6 is 27.3 Å². The van der Waals surface area contributed by atoms with Crippen molar-refractivity contribution < 1.29 is 9.13 Å². The predicted molar refractivity (Wildman–Crippen MR) is 75.9 cm³/mol. The highest BCUT2D eigenvalue weighted by Crippen LogP contribution is 2.32. The van der Waals surface area contributed by atoms with Crippen LogP contribution < -0.4 is 10.1 Å². The summed E-state index contributed by atoms with van der Waals surface area (Å²) in [5.41, 5.74) is 0.618. The maximum Gasteiger partial charge on any atom is 0.132 e. The van der Waals surface area contributed by atoms with Gasteiger partial charge in [0, 0.05) is 26.4 Å². The first-order valence-electron chi connectivity index (χ1n) is 5.40. The molecule has 1 N–H and O–H groups in total. The van der Waals surface area contributed by atoms with Gasteiger partial charge in [-0.1, -0.05) is 6.07 Å². The summed E-state index contributed by atoms with van der Waals surface area (Å²) in [4.78, 5) is 1.06. The minimum atomic E-state index is -0.266. The van der Waals surface area contributed by atoms with Crippen molar-refractivity contribution in [2.75, 3.05) is 14.2 Å². The molecule has 0 aliphatic heterocycles. The molecule has 2 rings (SSSR count). The van der Waals surface area contributed by atoms with Crippen LogP contribution in [0, 0.1) is 5.82 Å². The first-order valence-corrected chi connectivity index (χ1v) is 7.07. The number of methoxy groups -OCH3 is 1. The molecule has 1 unspecified atom stereocenters. The first kappa shape index (κ1) is 13.5. The van der Waals surface area contributed by atoms with E-state index in [1.807, 2.05) is 18.5 Å². The zero-order valence-corrected chi connectivity index (χ0v) is 12.4. The second kappa shape index (κ2) is 5.82. The molecule has 96 valence electrons. The van der Waals surface area contributed by atoms with Crippen molar-refractivity contribution in [3.63, 3.8) is 0 Å². The van der Waals surface area contributed by atoms with Crippen LogP contribution in [0.4, 0.5) is 4.39 Å². The van der Waals surface area contributed by atoms with Crippen molar-refractivity contribution in [3.8, 4) is 5.75 Å². The maximum atomic E-state index is 14.0. The summed E-state index contributed by atoms with van der Waals surface area (Å²) in [5, 5.41) is 5.12. The highest BCUT2D eigenvalue weighted by Gasteiger charge is 2.18. The zero-order valence-electron chi connectivity index (χ0n) is 10.0. The van der Waals surface area contributed by atoms with Crippen molar-refractivity contribution in [3.05, 3.63) is 50.4 Å². The normalized spacial score (nSPS) is 12.4. The van der Waals surface area contributed by atoms with Gasteiger partial charge in [0.2, 0.25) is 0 Å². The Morgan fingerprint density at radius 1 is 1.39 bits per heavy atom. The molecule has 18 heavy (non-hydrogen) atoms. The van der Waals surface area contributed by atoms with E-state index in [2.05, 4.69) is 21.2 Å². The van der Waals surface area contributed by atoms with Crippen LogP contribution in [0.3, 0.4) is 0 Å². The standard InChI is InChI=1S/C13H13BrFNOS/c1-16-13(12-5-8(14)7-18-12)10-4-3-9(17-2)6-11(10)15/h3-7,13,16H,1-2H3. The summed E-state index contributed by atoms with van der Waals surface area (Å²) >= 11 is 5.00. The third kappa shape index (κ3) is 2.74. The summed E-state index contributed by atoms with van der Waals surface area (Å²) in [7, 11) is 3.35.